The van der Waals surface area contributed by atoms with E-state index in [1.54, 1.807) is 19.2 Å². The van der Waals surface area contributed by atoms with Crippen LogP contribution in [0.3, 0.4) is 0 Å². The Bertz CT molecular complexity index is 384. The van der Waals surface area contributed by atoms with Crippen LogP contribution in [0.1, 0.15) is 24.3 Å². The van der Waals surface area contributed by atoms with Crippen LogP contribution in [-0.2, 0) is 4.84 Å². The third-order valence-electron chi connectivity index (χ3n) is 3.30. The lowest BCUT2D eigenvalue weighted by molar-refractivity contribution is -0.122. The first-order valence-corrected chi connectivity index (χ1v) is 6.36. The van der Waals surface area contributed by atoms with Gasteiger partial charge in [-0.05, 0) is 24.3 Å². The molecule has 4 nitrogen and oxygen atoms in total. The lowest BCUT2D eigenvalue weighted by Gasteiger charge is -2.31. The maximum absolute atomic E-state index is 11.4. The van der Waals surface area contributed by atoms with Gasteiger partial charge >= 0.3 is 6.09 Å². The van der Waals surface area contributed by atoms with Crippen LogP contribution in [0.25, 0.3) is 0 Å². The molecule has 1 aromatic carbocycles. The molecule has 98 valence electrons. The first-order valence-electron chi connectivity index (χ1n) is 6.36. The van der Waals surface area contributed by atoms with Gasteiger partial charge in [-0.3, -0.25) is 0 Å². The summed E-state index contributed by atoms with van der Waals surface area (Å²) in [6.45, 7) is 1.61. The molecule has 0 aliphatic carbocycles. The zero-order valence-electron chi connectivity index (χ0n) is 11.0. The van der Waals surface area contributed by atoms with E-state index in [0.717, 1.165) is 25.9 Å². The van der Waals surface area contributed by atoms with Crippen molar-refractivity contribution in [2.24, 2.45) is 0 Å². The molecular weight excluding hydrogens is 228 g/mol. The van der Waals surface area contributed by atoms with Crippen LogP contribution in [0.4, 0.5) is 4.79 Å². The van der Waals surface area contributed by atoms with Gasteiger partial charge in [-0.1, -0.05) is 30.3 Å². The summed E-state index contributed by atoms with van der Waals surface area (Å²) < 4.78 is 0. The van der Waals surface area contributed by atoms with Gasteiger partial charge in [0, 0.05) is 27.2 Å². The molecule has 1 aromatic rings. The second kappa shape index (κ2) is 5.87. The molecule has 1 amide bonds. The molecule has 1 aliphatic heterocycles. The molecule has 4 heteroatoms. The Labute approximate surface area is 108 Å². The Morgan fingerprint density at radius 2 is 1.83 bits per heavy atom. The van der Waals surface area contributed by atoms with Crippen LogP contribution >= 0.6 is 0 Å². The van der Waals surface area contributed by atoms with Gasteiger partial charge < -0.3 is 9.74 Å². The molecule has 0 spiro atoms. The Morgan fingerprint density at radius 3 is 2.39 bits per heavy atom. The van der Waals surface area contributed by atoms with Crippen molar-refractivity contribution in [3.63, 3.8) is 0 Å². The van der Waals surface area contributed by atoms with Crippen molar-refractivity contribution >= 4 is 6.09 Å². The number of carbonyl (C=O) groups excluding carboxylic acids is 1. The van der Waals surface area contributed by atoms with E-state index in [9.17, 15) is 4.79 Å². The van der Waals surface area contributed by atoms with Crippen LogP contribution in [0, 0.1) is 0 Å². The Kier molecular flexibility index (Phi) is 4.20. The number of benzene rings is 1. The van der Waals surface area contributed by atoms with E-state index in [0.29, 0.717) is 5.92 Å². The largest absolute Gasteiger partial charge is 0.428 e. The molecule has 1 aliphatic rings. The lowest BCUT2D eigenvalue weighted by atomic mass is 9.90. The predicted octanol–water partition coefficient (Wildman–Crippen LogP) is 2.48. The van der Waals surface area contributed by atoms with Crippen molar-refractivity contribution in [3.8, 4) is 0 Å². The maximum atomic E-state index is 11.4. The summed E-state index contributed by atoms with van der Waals surface area (Å²) in [5.41, 5.74) is 1.39. The van der Waals surface area contributed by atoms with Crippen LogP contribution in [0.15, 0.2) is 30.3 Å². The van der Waals surface area contributed by atoms with E-state index in [-0.39, 0.29) is 6.09 Å². The number of rotatable bonds is 2. The van der Waals surface area contributed by atoms with E-state index >= 15 is 0 Å². The second-order valence-corrected chi connectivity index (χ2v) is 4.87. The van der Waals surface area contributed by atoms with Gasteiger partial charge in [0.25, 0.3) is 0 Å². The quantitative estimate of drug-likeness (QED) is 0.806. The summed E-state index contributed by atoms with van der Waals surface area (Å²) in [5, 5.41) is 1.77. The third-order valence-corrected chi connectivity index (χ3v) is 3.30. The van der Waals surface area contributed by atoms with E-state index in [1.807, 2.05) is 6.07 Å². The van der Waals surface area contributed by atoms with Gasteiger partial charge in [0.05, 0.1) is 0 Å². The van der Waals surface area contributed by atoms with E-state index in [2.05, 4.69) is 24.3 Å². The molecule has 0 atom stereocenters. The fraction of sp³-hybridized carbons (Fsp3) is 0.500. The van der Waals surface area contributed by atoms with Crippen LogP contribution in [-0.4, -0.2) is 43.2 Å². The predicted molar refractivity (Wildman–Crippen MR) is 70.2 cm³/mol. The number of piperidine rings is 1. The standard InChI is InChI=1S/C14H20N2O2/c1-15(2)14(17)18-16-10-8-13(9-11-16)12-6-4-3-5-7-12/h3-7,13H,8-11H2,1-2H3. The van der Waals surface area contributed by atoms with Gasteiger partial charge in [-0.25, -0.2) is 4.79 Å². The topological polar surface area (TPSA) is 32.8 Å². The highest BCUT2D eigenvalue weighted by atomic mass is 16.7. The molecule has 0 radical (unpaired) electrons. The van der Waals surface area contributed by atoms with Crippen LogP contribution in [0.2, 0.25) is 0 Å². The fourth-order valence-electron chi connectivity index (χ4n) is 2.20. The highest BCUT2D eigenvalue weighted by Gasteiger charge is 2.23. The molecule has 1 heterocycles. The molecule has 0 saturated carbocycles. The zero-order valence-corrected chi connectivity index (χ0v) is 11.0. The minimum atomic E-state index is -0.298. The van der Waals surface area contributed by atoms with Gasteiger partial charge in [0.15, 0.2) is 0 Å². The second-order valence-electron chi connectivity index (χ2n) is 4.87. The SMILES string of the molecule is CN(C)C(=O)ON1CCC(c2ccccc2)CC1. The number of carbonyl (C=O) groups is 1. The first kappa shape index (κ1) is 12.9. The molecule has 18 heavy (non-hydrogen) atoms. The zero-order chi connectivity index (χ0) is 13.0. The number of hydrogen-bond donors (Lipinski definition) is 0. The Morgan fingerprint density at radius 1 is 1.22 bits per heavy atom. The third kappa shape index (κ3) is 3.23. The lowest BCUT2D eigenvalue weighted by Crippen LogP contribution is -2.38. The van der Waals surface area contributed by atoms with Crippen molar-refractivity contribution in [3.05, 3.63) is 35.9 Å². The van der Waals surface area contributed by atoms with E-state index in [4.69, 9.17) is 4.84 Å². The molecule has 1 saturated heterocycles. The first-order chi connectivity index (χ1) is 8.66. The minimum Gasteiger partial charge on any atom is -0.351 e. The summed E-state index contributed by atoms with van der Waals surface area (Å²) in [6, 6.07) is 10.5. The summed E-state index contributed by atoms with van der Waals surface area (Å²) in [7, 11) is 3.39. The van der Waals surface area contributed by atoms with Crippen molar-refractivity contribution in [2.75, 3.05) is 27.2 Å². The smallest absolute Gasteiger partial charge is 0.351 e. The van der Waals surface area contributed by atoms with Crippen LogP contribution < -0.4 is 0 Å². The molecule has 1 fully saturated rings. The molecule has 0 unspecified atom stereocenters. The Balaban J connectivity index is 1.83. The van der Waals surface area contributed by atoms with E-state index < -0.39 is 0 Å². The summed E-state index contributed by atoms with van der Waals surface area (Å²) in [6.07, 6.45) is 1.77. The summed E-state index contributed by atoms with van der Waals surface area (Å²) in [5.74, 6) is 0.584. The van der Waals surface area contributed by atoms with Gasteiger partial charge in [-0.15, -0.1) is 5.06 Å². The normalized spacial score (nSPS) is 17.4. The monoisotopic (exact) mass is 248 g/mol. The Hall–Kier alpha value is -1.55. The fourth-order valence-corrected chi connectivity index (χ4v) is 2.20. The molecular formula is C14H20N2O2. The van der Waals surface area contributed by atoms with Crippen molar-refractivity contribution < 1.29 is 9.63 Å². The van der Waals surface area contributed by atoms with Gasteiger partial charge in [0.2, 0.25) is 0 Å². The molecule has 0 aromatic heterocycles. The highest BCUT2D eigenvalue weighted by Crippen LogP contribution is 2.27. The molecule has 2 rings (SSSR count). The highest BCUT2D eigenvalue weighted by molar-refractivity contribution is 5.66. The summed E-state index contributed by atoms with van der Waals surface area (Å²) in [4.78, 5) is 18.1. The van der Waals surface area contributed by atoms with E-state index in [1.165, 1.54) is 10.5 Å². The van der Waals surface area contributed by atoms with Crippen molar-refractivity contribution in [1.82, 2.24) is 9.96 Å². The average Bonchev–Trinajstić information content (AvgIpc) is 2.40. The minimum absolute atomic E-state index is 0.298. The number of hydrogen-bond acceptors (Lipinski definition) is 3. The average molecular weight is 248 g/mol. The van der Waals surface area contributed by atoms with Crippen molar-refractivity contribution in [1.29, 1.82) is 0 Å². The molecule has 0 N–H and O–H groups in total. The summed E-state index contributed by atoms with van der Waals surface area (Å²) >= 11 is 0. The number of amides is 1. The van der Waals surface area contributed by atoms with Crippen molar-refractivity contribution in [2.45, 2.75) is 18.8 Å². The number of nitrogens with zero attached hydrogens (tertiary/aromatic N) is 2. The number of hydroxylamine groups is 2. The van der Waals surface area contributed by atoms with Gasteiger partial charge in [-0.2, -0.15) is 0 Å². The molecule has 0 bridgehead atoms. The maximum Gasteiger partial charge on any atom is 0.428 e. The van der Waals surface area contributed by atoms with Crippen LogP contribution in [0.5, 0.6) is 0 Å². The van der Waals surface area contributed by atoms with Gasteiger partial charge in [0.1, 0.15) is 0 Å².